The van der Waals surface area contributed by atoms with Crippen LogP contribution in [-0.2, 0) is 0 Å². The minimum Gasteiger partial charge on any atom is -0.347 e. The lowest BCUT2D eigenvalue weighted by molar-refractivity contribution is 0.102. The number of carbonyl (C=O) groups excluding carboxylic acids is 1. The largest absolute Gasteiger partial charge is 0.347 e. The average molecular weight is 352 g/mol. The topological polar surface area (TPSA) is 58.1 Å². The summed E-state index contributed by atoms with van der Waals surface area (Å²) in [7, 11) is 3.78. The Bertz CT molecular complexity index is 863. The summed E-state index contributed by atoms with van der Waals surface area (Å²) >= 11 is 1.68. The highest BCUT2D eigenvalue weighted by molar-refractivity contribution is 7.13. The van der Waals surface area contributed by atoms with Crippen molar-refractivity contribution >= 4 is 28.9 Å². The fourth-order valence-electron chi connectivity index (χ4n) is 2.49. The molecule has 0 radical (unpaired) electrons. The number of hydrogen-bond acceptors (Lipinski definition) is 5. The molecule has 2 heterocycles. The van der Waals surface area contributed by atoms with Crippen LogP contribution in [0.2, 0.25) is 0 Å². The average Bonchev–Trinajstić information content (AvgIpc) is 3.12. The molecule has 5 nitrogen and oxygen atoms in total. The van der Waals surface area contributed by atoms with E-state index in [0.717, 1.165) is 17.0 Å². The van der Waals surface area contributed by atoms with E-state index in [2.05, 4.69) is 21.4 Å². The van der Waals surface area contributed by atoms with Gasteiger partial charge in [-0.1, -0.05) is 18.2 Å². The first-order valence-electron chi connectivity index (χ1n) is 7.93. The number of nitrogens with one attached hydrogen (secondary N) is 1. The maximum atomic E-state index is 12.6. The Labute approximate surface area is 151 Å². The molecule has 0 aliphatic carbocycles. The van der Waals surface area contributed by atoms with E-state index in [1.165, 1.54) is 4.88 Å². The fraction of sp³-hybridized carbons (Fsp3) is 0.211. The van der Waals surface area contributed by atoms with Gasteiger partial charge in [0.05, 0.1) is 17.1 Å². The molecular formula is C19H20N4OS. The molecule has 1 amide bonds. The predicted octanol–water partition coefficient (Wildman–Crippen LogP) is 4.14. The molecule has 0 saturated carbocycles. The number of benzene rings is 1. The predicted molar refractivity (Wildman–Crippen MR) is 104 cm³/mol. The number of rotatable bonds is 4. The standard InChI is InChI=1S/C19H20N4OS/c1-12-17(13(2)21-19(20-12)23(3)4)22-18(24)15-9-7-14(8-10-15)16-6-5-11-25-16/h5-11H,1-4H3,(H,22,24). The van der Waals surface area contributed by atoms with Crippen LogP contribution in [0.5, 0.6) is 0 Å². The molecule has 1 N–H and O–H groups in total. The van der Waals surface area contributed by atoms with Crippen molar-refractivity contribution in [1.82, 2.24) is 9.97 Å². The summed E-state index contributed by atoms with van der Waals surface area (Å²) in [6, 6.07) is 11.7. The first kappa shape index (κ1) is 17.1. The van der Waals surface area contributed by atoms with Gasteiger partial charge in [0.2, 0.25) is 5.95 Å². The Morgan fingerprint density at radius 2 is 1.68 bits per heavy atom. The Balaban J connectivity index is 1.81. The maximum Gasteiger partial charge on any atom is 0.255 e. The van der Waals surface area contributed by atoms with Crippen LogP contribution in [0.25, 0.3) is 10.4 Å². The van der Waals surface area contributed by atoms with Gasteiger partial charge in [-0.25, -0.2) is 9.97 Å². The van der Waals surface area contributed by atoms with E-state index in [-0.39, 0.29) is 5.91 Å². The molecule has 2 aromatic heterocycles. The Kier molecular flexibility index (Phi) is 4.81. The molecule has 6 heteroatoms. The fourth-order valence-corrected chi connectivity index (χ4v) is 3.23. The summed E-state index contributed by atoms with van der Waals surface area (Å²) in [6.07, 6.45) is 0. The molecule has 25 heavy (non-hydrogen) atoms. The van der Waals surface area contributed by atoms with Gasteiger partial charge < -0.3 is 10.2 Å². The minimum atomic E-state index is -0.162. The SMILES string of the molecule is Cc1nc(N(C)C)nc(C)c1NC(=O)c1ccc(-c2cccs2)cc1. The zero-order valence-corrected chi connectivity index (χ0v) is 15.5. The second-order valence-electron chi connectivity index (χ2n) is 5.97. The second kappa shape index (κ2) is 7.03. The van der Waals surface area contributed by atoms with Gasteiger partial charge in [-0.3, -0.25) is 4.79 Å². The Morgan fingerprint density at radius 3 is 2.20 bits per heavy atom. The van der Waals surface area contributed by atoms with E-state index in [1.807, 2.05) is 68.6 Å². The minimum absolute atomic E-state index is 0.162. The number of amides is 1. The molecule has 3 aromatic rings. The number of carbonyl (C=O) groups is 1. The van der Waals surface area contributed by atoms with Crippen LogP contribution in [0.3, 0.4) is 0 Å². The summed E-state index contributed by atoms with van der Waals surface area (Å²) in [4.78, 5) is 24.4. The summed E-state index contributed by atoms with van der Waals surface area (Å²) in [5, 5.41) is 4.98. The quantitative estimate of drug-likeness (QED) is 0.767. The van der Waals surface area contributed by atoms with E-state index < -0.39 is 0 Å². The van der Waals surface area contributed by atoms with Crippen molar-refractivity contribution in [3.05, 3.63) is 58.7 Å². The number of nitrogens with zero attached hydrogens (tertiary/aromatic N) is 3. The highest BCUT2D eigenvalue weighted by Gasteiger charge is 2.14. The van der Waals surface area contributed by atoms with E-state index in [0.29, 0.717) is 17.2 Å². The van der Waals surface area contributed by atoms with Crippen molar-refractivity contribution in [2.24, 2.45) is 0 Å². The van der Waals surface area contributed by atoms with E-state index >= 15 is 0 Å². The first-order valence-corrected chi connectivity index (χ1v) is 8.81. The van der Waals surface area contributed by atoms with Gasteiger partial charge in [0, 0.05) is 24.5 Å². The zero-order valence-electron chi connectivity index (χ0n) is 14.7. The lowest BCUT2D eigenvalue weighted by atomic mass is 10.1. The van der Waals surface area contributed by atoms with Gasteiger partial charge in [-0.15, -0.1) is 11.3 Å². The van der Waals surface area contributed by atoms with Crippen molar-refractivity contribution in [2.75, 3.05) is 24.3 Å². The monoisotopic (exact) mass is 352 g/mol. The Morgan fingerprint density at radius 1 is 1.04 bits per heavy atom. The van der Waals surface area contributed by atoms with Crippen molar-refractivity contribution in [1.29, 1.82) is 0 Å². The van der Waals surface area contributed by atoms with Crippen LogP contribution >= 0.6 is 11.3 Å². The molecule has 0 fully saturated rings. The molecular weight excluding hydrogens is 332 g/mol. The molecule has 1 aromatic carbocycles. The smallest absolute Gasteiger partial charge is 0.255 e. The van der Waals surface area contributed by atoms with Gasteiger partial charge in [-0.05, 0) is 43.0 Å². The van der Waals surface area contributed by atoms with Gasteiger partial charge >= 0.3 is 0 Å². The molecule has 0 aliphatic rings. The van der Waals surface area contributed by atoms with Crippen LogP contribution in [0.4, 0.5) is 11.6 Å². The summed E-state index contributed by atoms with van der Waals surface area (Å²) in [5.74, 6) is 0.471. The van der Waals surface area contributed by atoms with E-state index in [9.17, 15) is 4.79 Å². The number of hydrogen-bond donors (Lipinski definition) is 1. The molecule has 0 aliphatic heterocycles. The van der Waals surface area contributed by atoms with Gasteiger partial charge in [-0.2, -0.15) is 0 Å². The second-order valence-corrected chi connectivity index (χ2v) is 6.92. The molecule has 0 atom stereocenters. The molecule has 0 bridgehead atoms. The highest BCUT2D eigenvalue weighted by Crippen LogP contribution is 2.25. The number of anilines is 2. The van der Waals surface area contributed by atoms with E-state index in [1.54, 1.807) is 11.3 Å². The maximum absolute atomic E-state index is 12.6. The third-order valence-electron chi connectivity index (χ3n) is 3.85. The highest BCUT2D eigenvalue weighted by atomic mass is 32.1. The lowest BCUT2D eigenvalue weighted by Crippen LogP contribution is -2.18. The van der Waals surface area contributed by atoms with Crippen molar-refractivity contribution < 1.29 is 4.79 Å². The van der Waals surface area contributed by atoms with Gasteiger partial charge in [0.15, 0.2) is 0 Å². The van der Waals surface area contributed by atoms with Crippen LogP contribution < -0.4 is 10.2 Å². The molecule has 0 spiro atoms. The van der Waals surface area contributed by atoms with Crippen molar-refractivity contribution in [2.45, 2.75) is 13.8 Å². The lowest BCUT2D eigenvalue weighted by Gasteiger charge is -2.15. The molecule has 0 saturated heterocycles. The van der Waals surface area contributed by atoms with Crippen molar-refractivity contribution in [3.8, 4) is 10.4 Å². The number of aryl methyl sites for hydroxylation is 2. The number of thiophene rings is 1. The normalized spacial score (nSPS) is 10.6. The molecule has 3 rings (SSSR count). The number of aromatic nitrogens is 2. The summed E-state index contributed by atoms with van der Waals surface area (Å²) < 4.78 is 0. The third kappa shape index (κ3) is 3.69. The molecule has 0 unspecified atom stereocenters. The Hall–Kier alpha value is -2.73. The van der Waals surface area contributed by atoms with Crippen LogP contribution in [0.1, 0.15) is 21.7 Å². The summed E-state index contributed by atoms with van der Waals surface area (Å²) in [6.45, 7) is 3.74. The van der Waals surface area contributed by atoms with Crippen molar-refractivity contribution in [3.63, 3.8) is 0 Å². The van der Waals surface area contributed by atoms with Gasteiger partial charge in [0.1, 0.15) is 0 Å². The van der Waals surface area contributed by atoms with Crippen LogP contribution in [0, 0.1) is 13.8 Å². The van der Waals surface area contributed by atoms with Crippen LogP contribution in [-0.4, -0.2) is 30.0 Å². The summed E-state index contributed by atoms with van der Waals surface area (Å²) in [5.41, 5.74) is 3.88. The van der Waals surface area contributed by atoms with Gasteiger partial charge in [0.25, 0.3) is 5.91 Å². The molecule has 128 valence electrons. The van der Waals surface area contributed by atoms with Crippen LogP contribution in [0.15, 0.2) is 41.8 Å². The third-order valence-corrected chi connectivity index (χ3v) is 4.77. The zero-order chi connectivity index (χ0) is 18.0. The first-order chi connectivity index (χ1) is 12.0. The van der Waals surface area contributed by atoms with E-state index in [4.69, 9.17) is 0 Å².